The molecule has 5 heteroatoms. The predicted molar refractivity (Wildman–Crippen MR) is 71.7 cm³/mol. The van der Waals surface area contributed by atoms with Gasteiger partial charge in [-0.3, -0.25) is 4.79 Å². The van der Waals surface area contributed by atoms with Gasteiger partial charge in [-0.2, -0.15) is 0 Å². The number of amides is 1. The van der Waals surface area contributed by atoms with Crippen LogP contribution in [0.4, 0.5) is 8.78 Å². The summed E-state index contributed by atoms with van der Waals surface area (Å²) >= 11 is 0. The Morgan fingerprint density at radius 3 is 2.55 bits per heavy atom. The maximum atomic E-state index is 12.8. The van der Waals surface area contributed by atoms with Gasteiger partial charge in [0.25, 0.3) is 6.43 Å². The maximum Gasteiger partial charge on any atom is 0.263 e. The second-order valence-electron chi connectivity index (χ2n) is 5.05. The highest BCUT2D eigenvalue weighted by Crippen LogP contribution is 2.34. The van der Waals surface area contributed by atoms with E-state index >= 15 is 0 Å². The molecule has 110 valence electrons. The fraction of sp³-hybridized carbons (Fsp3) is 0.533. The average molecular weight is 283 g/mol. The molecule has 1 amide bonds. The lowest BCUT2D eigenvalue weighted by molar-refractivity contribution is -0.133. The molecule has 0 bridgehead atoms. The van der Waals surface area contributed by atoms with E-state index in [4.69, 9.17) is 4.74 Å². The van der Waals surface area contributed by atoms with E-state index in [2.05, 4.69) is 5.32 Å². The summed E-state index contributed by atoms with van der Waals surface area (Å²) in [6.07, 6.45) is -1.45. The number of hydrogen-bond donors (Lipinski definition) is 1. The Labute approximate surface area is 117 Å². The van der Waals surface area contributed by atoms with Crippen molar-refractivity contribution in [2.24, 2.45) is 0 Å². The Balaban J connectivity index is 2.37. The number of rotatable bonds is 5. The summed E-state index contributed by atoms with van der Waals surface area (Å²) in [5.74, 6) is -0.0618. The largest absolute Gasteiger partial charge is 0.376 e. The predicted octanol–water partition coefficient (Wildman–Crippen LogP) is 2.94. The zero-order valence-electron chi connectivity index (χ0n) is 11.7. The minimum Gasteiger partial charge on any atom is -0.376 e. The molecule has 0 unspecified atom stereocenters. The number of aryl methyl sites for hydroxylation is 1. The molecule has 1 aliphatic rings. The monoisotopic (exact) mass is 283 g/mol. The molecule has 20 heavy (non-hydrogen) atoms. The Kier molecular flexibility index (Phi) is 4.38. The van der Waals surface area contributed by atoms with Gasteiger partial charge in [-0.1, -0.05) is 26.0 Å². The number of benzene rings is 1. The van der Waals surface area contributed by atoms with E-state index in [1.807, 2.05) is 6.92 Å². The summed E-state index contributed by atoms with van der Waals surface area (Å²) in [6, 6.07) is 4.65. The van der Waals surface area contributed by atoms with Gasteiger partial charge >= 0.3 is 0 Å². The van der Waals surface area contributed by atoms with E-state index in [1.165, 1.54) is 12.1 Å². The van der Waals surface area contributed by atoms with Crippen molar-refractivity contribution in [3.8, 4) is 0 Å². The van der Waals surface area contributed by atoms with Crippen molar-refractivity contribution in [3.63, 3.8) is 0 Å². The van der Waals surface area contributed by atoms with Crippen LogP contribution in [-0.2, 0) is 21.5 Å². The van der Waals surface area contributed by atoms with Crippen LogP contribution >= 0.6 is 0 Å². The number of halogens is 2. The van der Waals surface area contributed by atoms with E-state index in [9.17, 15) is 13.6 Å². The van der Waals surface area contributed by atoms with Gasteiger partial charge in [0.1, 0.15) is 5.54 Å². The Hall–Kier alpha value is -1.49. The number of carbonyl (C=O) groups is 1. The molecule has 1 fully saturated rings. The molecule has 1 aliphatic heterocycles. The van der Waals surface area contributed by atoms with Crippen LogP contribution in [-0.4, -0.2) is 19.1 Å². The third kappa shape index (κ3) is 2.68. The number of carbonyl (C=O) groups excluding carboxylic acids is 1. The van der Waals surface area contributed by atoms with Gasteiger partial charge in [0.05, 0.1) is 13.2 Å². The second-order valence-corrected chi connectivity index (χ2v) is 5.05. The van der Waals surface area contributed by atoms with Crippen molar-refractivity contribution in [1.29, 1.82) is 0 Å². The van der Waals surface area contributed by atoms with Crippen LogP contribution < -0.4 is 5.32 Å². The summed E-state index contributed by atoms with van der Waals surface area (Å²) in [7, 11) is 0. The molecule has 1 N–H and O–H groups in total. The molecule has 1 aromatic carbocycles. The van der Waals surface area contributed by atoms with Gasteiger partial charge in [0.15, 0.2) is 0 Å². The molecule has 0 saturated carbocycles. The lowest BCUT2D eigenvalue weighted by atomic mass is 9.83. The van der Waals surface area contributed by atoms with Crippen LogP contribution in [0.25, 0.3) is 0 Å². The molecule has 2 rings (SSSR count). The quantitative estimate of drug-likeness (QED) is 0.902. The summed E-state index contributed by atoms with van der Waals surface area (Å²) in [4.78, 5) is 11.7. The van der Waals surface area contributed by atoms with Crippen LogP contribution in [0, 0.1) is 0 Å². The Morgan fingerprint density at radius 1 is 1.40 bits per heavy atom. The highest BCUT2D eigenvalue weighted by Gasteiger charge is 2.42. The van der Waals surface area contributed by atoms with Crippen molar-refractivity contribution in [1.82, 2.24) is 5.32 Å². The zero-order valence-corrected chi connectivity index (χ0v) is 11.7. The smallest absolute Gasteiger partial charge is 0.263 e. The van der Waals surface area contributed by atoms with Crippen LogP contribution in [0.1, 0.15) is 43.4 Å². The normalized spacial score (nSPS) is 16.9. The van der Waals surface area contributed by atoms with Crippen LogP contribution in [0.3, 0.4) is 0 Å². The fourth-order valence-electron chi connectivity index (χ4n) is 2.47. The van der Waals surface area contributed by atoms with E-state index in [-0.39, 0.29) is 11.5 Å². The number of nitrogens with one attached hydrogen (secondary N) is 1. The molecule has 0 atom stereocenters. The van der Waals surface area contributed by atoms with Crippen LogP contribution in [0.2, 0.25) is 0 Å². The first-order valence-corrected chi connectivity index (χ1v) is 6.82. The first kappa shape index (κ1) is 14.9. The highest BCUT2D eigenvalue weighted by atomic mass is 19.3. The number of ether oxygens (including phenoxy) is 1. The third-order valence-corrected chi connectivity index (χ3v) is 3.67. The minimum absolute atomic E-state index is 0.0165. The molecule has 3 nitrogen and oxygen atoms in total. The maximum absolute atomic E-state index is 12.8. The fourth-order valence-corrected chi connectivity index (χ4v) is 2.47. The van der Waals surface area contributed by atoms with Crippen molar-refractivity contribution in [2.75, 3.05) is 13.2 Å². The molecule has 0 spiro atoms. The zero-order chi connectivity index (χ0) is 14.8. The molecular formula is C15H19F2NO2. The van der Waals surface area contributed by atoms with Crippen LogP contribution in [0.5, 0.6) is 0 Å². The Morgan fingerprint density at radius 2 is 2.10 bits per heavy atom. The number of hydrogen-bond acceptors (Lipinski definition) is 2. The van der Waals surface area contributed by atoms with Gasteiger partial charge in [0, 0.05) is 12.0 Å². The van der Waals surface area contributed by atoms with E-state index in [1.54, 1.807) is 13.0 Å². The summed E-state index contributed by atoms with van der Waals surface area (Å²) in [5.41, 5.74) is 1.18. The lowest BCUT2D eigenvalue weighted by Gasteiger charge is -2.43. The molecular weight excluding hydrogens is 264 g/mol. The molecule has 0 radical (unpaired) electrons. The molecule has 0 aliphatic carbocycles. The van der Waals surface area contributed by atoms with E-state index < -0.39 is 12.0 Å². The lowest BCUT2D eigenvalue weighted by Crippen LogP contribution is -2.59. The van der Waals surface area contributed by atoms with Gasteiger partial charge in [0.2, 0.25) is 5.91 Å². The topological polar surface area (TPSA) is 38.3 Å². The van der Waals surface area contributed by atoms with Gasteiger partial charge in [-0.05, 0) is 23.6 Å². The van der Waals surface area contributed by atoms with E-state index in [0.29, 0.717) is 26.1 Å². The second kappa shape index (κ2) is 5.87. The SMILES string of the molecule is CCC(=O)NC1(c2ccc(C(F)F)cc2CC)COC1. The van der Waals surface area contributed by atoms with Crippen LogP contribution in [0.15, 0.2) is 18.2 Å². The summed E-state index contributed by atoms with van der Waals surface area (Å²) in [6.45, 7) is 4.48. The van der Waals surface area contributed by atoms with Crippen molar-refractivity contribution >= 4 is 5.91 Å². The minimum atomic E-state index is -2.48. The van der Waals surface area contributed by atoms with Gasteiger partial charge in [-0.15, -0.1) is 0 Å². The molecule has 0 aromatic heterocycles. The molecule has 1 aromatic rings. The standard InChI is InChI=1S/C15H19F2NO2/c1-3-10-7-11(14(16)17)5-6-12(10)15(8-20-9-15)18-13(19)4-2/h5-7,14H,3-4,8-9H2,1-2H3,(H,18,19). The third-order valence-electron chi connectivity index (χ3n) is 3.67. The van der Waals surface area contributed by atoms with E-state index in [0.717, 1.165) is 11.1 Å². The molecule has 1 heterocycles. The summed E-state index contributed by atoms with van der Waals surface area (Å²) in [5, 5.41) is 2.97. The number of alkyl halides is 2. The Bertz CT molecular complexity index is 499. The van der Waals surface area contributed by atoms with Crippen molar-refractivity contribution < 1.29 is 18.3 Å². The van der Waals surface area contributed by atoms with Gasteiger partial charge in [-0.25, -0.2) is 8.78 Å². The van der Waals surface area contributed by atoms with Crippen molar-refractivity contribution in [3.05, 3.63) is 34.9 Å². The molecule has 1 saturated heterocycles. The first-order chi connectivity index (χ1) is 9.52. The van der Waals surface area contributed by atoms with Crippen molar-refractivity contribution in [2.45, 2.75) is 38.7 Å². The highest BCUT2D eigenvalue weighted by molar-refractivity contribution is 5.77. The summed E-state index contributed by atoms with van der Waals surface area (Å²) < 4.78 is 30.8. The van der Waals surface area contributed by atoms with Gasteiger partial charge < -0.3 is 10.1 Å². The first-order valence-electron chi connectivity index (χ1n) is 6.82. The average Bonchev–Trinajstić information content (AvgIpc) is 2.41.